The van der Waals surface area contributed by atoms with Crippen LogP contribution in [0.5, 0.6) is 0 Å². The molecule has 0 N–H and O–H groups in total. The summed E-state index contributed by atoms with van der Waals surface area (Å²) in [5.74, 6) is 0.778. The van der Waals surface area contributed by atoms with Gasteiger partial charge in [-0.1, -0.05) is 19.9 Å². The zero-order valence-electron chi connectivity index (χ0n) is 5.22. The van der Waals surface area contributed by atoms with E-state index in [2.05, 4.69) is 13.5 Å². The molecule has 0 heterocycles. The summed E-state index contributed by atoms with van der Waals surface area (Å²) in [5, 5.41) is 1.50. The van der Waals surface area contributed by atoms with Gasteiger partial charge in [0, 0.05) is 0 Å². The molecule has 0 amide bonds. The lowest BCUT2D eigenvalue weighted by molar-refractivity contribution is 0.600. The van der Waals surface area contributed by atoms with Gasteiger partial charge in [0.15, 0.2) is 0 Å². The Labute approximate surface area is 54.0 Å². The van der Waals surface area contributed by atoms with Gasteiger partial charge in [-0.25, -0.2) is 0 Å². The second-order valence-corrected chi connectivity index (χ2v) is 3.11. The fourth-order valence-corrected chi connectivity index (χ4v) is 1.11. The Hall–Kier alpha value is 0.0500. The molecule has 0 aliphatic heterocycles. The van der Waals surface area contributed by atoms with E-state index in [0.29, 0.717) is 0 Å². The zero-order valence-corrected chi connectivity index (χ0v) is 6.04. The Morgan fingerprint density at radius 1 is 1.75 bits per heavy atom. The van der Waals surface area contributed by atoms with Crippen molar-refractivity contribution >= 4 is 11.2 Å². The number of unbranched alkanes of at least 4 members (excludes halogenated alkanes) is 1. The summed E-state index contributed by atoms with van der Waals surface area (Å²) >= 11 is -0.763. The Kier molecular flexibility index (Phi) is 5.22. The van der Waals surface area contributed by atoms with Crippen molar-refractivity contribution in [1.82, 2.24) is 0 Å². The summed E-state index contributed by atoms with van der Waals surface area (Å²) in [6.07, 6.45) is 2.15. The summed E-state index contributed by atoms with van der Waals surface area (Å²) in [7, 11) is 0. The molecule has 2 heteroatoms. The van der Waals surface area contributed by atoms with Gasteiger partial charge in [0.05, 0.1) is 0 Å². The second kappa shape index (κ2) is 5.19. The van der Waals surface area contributed by atoms with Crippen LogP contribution >= 0.6 is 0 Å². The van der Waals surface area contributed by atoms with E-state index in [-0.39, 0.29) is 0 Å². The van der Waals surface area contributed by atoms with Gasteiger partial charge in [0.2, 0.25) is 0 Å². The average Bonchev–Trinajstić information content (AvgIpc) is 1.83. The SMILES string of the molecule is C=C[S+]([O-])CCCC. The van der Waals surface area contributed by atoms with Crippen molar-refractivity contribution in [3.63, 3.8) is 0 Å². The zero-order chi connectivity index (χ0) is 6.41. The van der Waals surface area contributed by atoms with Gasteiger partial charge in [-0.15, -0.1) is 0 Å². The van der Waals surface area contributed by atoms with E-state index >= 15 is 0 Å². The largest absolute Gasteiger partial charge is 0.612 e. The van der Waals surface area contributed by atoms with Crippen molar-refractivity contribution in [2.24, 2.45) is 0 Å². The molecule has 0 saturated heterocycles. The van der Waals surface area contributed by atoms with Crippen LogP contribution in [0.3, 0.4) is 0 Å². The molecule has 0 spiro atoms. The Bertz CT molecular complexity index is 63.5. The molecular weight excluding hydrogens is 120 g/mol. The third-order valence-corrected chi connectivity index (χ3v) is 1.95. The highest BCUT2D eigenvalue weighted by Crippen LogP contribution is 1.96. The predicted octanol–water partition coefficient (Wildman–Crippen LogP) is 1.68. The van der Waals surface area contributed by atoms with Crippen LogP contribution in [0, 0.1) is 0 Å². The van der Waals surface area contributed by atoms with Crippen LogP contribution in [-0.2, 0) is 11.2 Å². The van der Waals surface area contributed by atoms with Gasteiger partial charge in [-0.2, -0.15) is 0 Å². The fraction of sp³-hybridized carbons (Fsp3) is 0.667. The monoisotopic (exact) mass is 132 g/mol. The van der Waals surface area contributed by atoms with Crippen LogP contribution in [0.15, 0.2) is 12.0 Å². The van der Waals surface area contributed by atoms with E-state index in [1.54, 1.807) is 0 Å². The molecule has 0 radical (unpaired) electrons. The smallest absolute Gasteiger partial charge is 0.110 e. The maximum absolute atomic E-state index is 10.6. The normalized spacial score (nSPS) is 13.2. The summed E-state index contributed by atoms with van der Waals surface area (Å²) in [5.41, 5.74) is 0. The number of rotatable bonds is 4. The molecule has 0 aromatic carbocycles. The minimum absolute atomic E-state index is 0.763. The van der Waals surface area contributed by atoms with Gasteiger partial charge < -0.3 is 4.55 Å². The Morgan fingerprint density at radius 3 is 2.75 bits per heavy atom. The molecule has 0 aliphatic carbocycles. The van der Waals surface area contributed by atoms with Crippen LogP contribution in [-0.4, -0.2) is 10.3 Å². The highest BCUT2D eigenvalue weighted by atomic mass is 32.2. The summed E-state index contributed by atoms with van der Waals surface area (Å²) < 4.78 is 10.6. The quantitative estimate of drug-likeness (QED) is 0.534. The molecule has 0 rings (SSSR count). The van der Waals surface area contributed by atoms with Crippen LogP contribution in [0.4, 0.5) is 0 Å². The fourth-order valence-electron chi connectivity index (χ4n) is 0.370. The van der Waals surface area contributed by atoms with E-state index < -0.39 is 11.2 Å². The van der Waals surface area contributed by atoms with Crippen LogP contribution in [0.2, 0.25) is 0 Å². The highest BCUT2D eigenvalue weighted by molar-refractivity contribution is 7.94. The van der Waals surface area contributed by atoms with Gasteiger partial charge in [-0.05, 0) is 17.6 Å². The summed E-state index contributed by atoms with van der Waals surface area (Å²) in [6.45, 7) is 5.50. The lowest BCUT2D eigenvalue weighted by atomic mass is 10.4. The number of hydrogen-bond donors (Lipinski definition) is 0. The molecule has 1 nitrogen and oxygen atoms in total. The Balaban J connectivity index is 2.98. The highest BCUT2D eigenvalue weighted by Gasteiger charge is 1.95. The first-order valence-electron chi connectivity index (χ1n) is 2.81. The molecular formula is C6H12OS. The maximum Gasteiger partial charge on any atom is 0.110 e. The maximum atomic E-state index is 10.6. The molecule has 0 aromatic heterocycles. The lowest BCUT2D eigenvalue weighted by Gasteiger charge is -2.01. The van der Waals surface area contributed by atoms with Gasteiger partial charge in [0.1, 0.15) is 11.2 Å². The molecule has 1 unspecified atom stereocenters. The summed E-state index contributed by atoms with van der Waals surface area (Å²) in [6, 6.07) is 0. The van der Waals surface area contributed by atoms with E-state index in [9.17, 15) is 4.55 Å². The first-order chi connectivity index (χ1) is 3.81. The van der Waals surface area contributed by atoms with Crippen molar-refractivity contribution in [2.45, 2.75) is 19.8 Å². The lowest BCUT2D eigenvalue weighted by Crippen LogP contribution is -2.00. The van der Waals surface area contributed by atoms with Gasteiger partial charge in [0.25, 0.3) is 0 Å². The minimum atomic E-state index is -0.763. The predicted molar refractivity (Wildman–Crippen MR) is 38.1 cm³/mol. The van der Waals surface area contributed by atoms with Gasteiger partial charge in [-0.3, -0.25) is 0 Å². The van der Waals surface area contributed by atoms with E-state index in [4.69, 9.17) is 0 Å². The molecule has 0 aliphatic rings. The minimum Gasteiger partial charge on any atom is -0.612 e. The van der Waals surface area contributed by atoms with E-state index in [1.165, 1.54) is 5.41 Å². The third-order valence-electron chi connectivity index (χ3n) is 0.885. The molecule has 0 bridgehead atoms. The molecule has 0 aromatic rings. The van der Waals surface area contributed by atoms with Crippen molar-refractivity contribution in [3.05, 3.63) is 12.0 Å². The van der Waals surface area contributed by atoms with Crippen LogP contribution in [0.1, 0.15) is 19.8 Å². The van der Waals surface area contributed by atoms with E-state index in [1.807, 2.05) is 0 Å². The van der Waals surface area contributed by atoms with Crippen molar-refractivity contribution in [2.75, 3.05) is 5.75 Å². The van der Waals surface area contributed by atoms with Gasteiger partial charge >= 0.3 is 0 Å². The molecule has 8 heavy (non-hydrogen) atoms. The first-order valence-corrected chi connectivity index (χ1v) is 4.19. The standard InChI is InChI=1S/C6H12OS/c1-3-5-6-8(7)4-2/h4H,2-3,5-6H2,1H3. The first kappa shape index (κ1) is 8.05. The Morgan fingerprint density at radius 2 is 2.38 bits per heavy atom. The van der Waals surface area contributed by atoms with Crippen molar-refractivity contribution in [3.8, 4) is 0 Å². The van der Waals surface area contributed by atoms with E-state index in [0.717, 1.165) is 18.6 Å². The average molecular weight is 132 g/mol. The molecule has 0 fully saturated rings. The van der Waals surface area contributed by atoms with Crippen molar-refractivity contribution < 1.29 is 4.55 Å². The second-order valence-electron chi connectivity index (χ2n) is 1.61. The van der Waals surface area contributed by atoms with Crippen molar-refractivity contribution in [1.29, 1.82) is 0 Å². The third kappa shape index (κ3) is 4.22. The molecule has 1 atom stereocenters. The summed E-state index contributed by atoms with van der Waals surface area (Å²) in [4.78, 5) is 0. The molecule has 0 saturated carbocycles. The topological polar surface area (TPSA) is 23.1 Å². The van der Waals surface area contributed by atoms with Crippen LogP contribution < -0.4 is 0 Å². The molecule has 48 valence electrons. The number of hydrogen-bond acceptors (Lipinski definition) is 1. The van der Waals surface area contributed by atoms with Crippen LogP contribution in [0.25, 0.3) is 0 Å².